The summed E-state index contributed by atoms with van der Waals surface area (Å²) in [6.45, 7) is 11.4. The SMILES string of the molecule is COCCCN(C[C@]1(O)CC[C@H]2c3ccc(cc3C(=O)c3cccc(C(F)(F)F)c3)C[C@@H](O)CCC(C)=CCC[C@@]21C)C(=O)O[C@H]1C[C@@H](C)CC[C@@H]1C(C)C. The van der Waals surface area contributed by atoms with Crippen molar-refractivity contribution in [1.82, 2.24) is 4.90 Å². The number of ketones is 1. The van der Waals surface area contributed by atoms with Crippen LogP contribution in [-0.4, -0.2) is 71.6 Å². The van der Waals surface area contributed by atoms with Gasteiger partial charge in [-0.2, -0.15) is 13.2 Å². The maximum atomic E-state index is 14.4. The molecule has 4 aliphatic carbocycles. The molecule has 4 aliphatic rings. The molecule has 10 heteroatoms. The van der Waals surface area contributed by atoms with E-state index in [0.29, 0.717) is 81.1 Å². The minimum absolute atomic E-state index is 0.0288. The predicted molar refractivity (Wildman–Crippen MR) is 208 cm³/mol. The molecule has 0 aliphatic heterocycles. The van der Waals surface area contributed by atoms with Crippen LogP contribution in [0.4, 0.5) is 18.0 Å². The molecule has 0 radical (unpaired) electrons. The highest BCUT2D eigenvalue weighted by molar-refractivity contribution is 6.10. The summed E-state index contributed by atoms with van der Waals surface area (Å²) in [6.07, 6.45) is 3.14. The average molecular weight is 770 g/mol. The number of allylic oxidation sites excluding steroid dienone is 2. The van der Waals surface area contributed by atoms with E-state index in [1.807, 2.05) is 26.0 Å². The van der Waals surface area contributed by atoms with Gasteiger partial charge in [0, 0.05) is 36.8 Å². The van der Waals surface area contributed by atoms with Crippen LogP contribution >= 0.6 is 0 Å². The van der Waals surface area contributed by atoms with E-state index >= 15 is 0 Å². The zero-order valence-electron chi connectivity index (χ0n) is 33.6. The fourth-order valence-corrected chi connectivity index (χ4v) is 9.59. The molecule has 2 N–H and O–H groups in total. The van der Waals surface area contributed by atoms with Crippen molar-refractivity contribution in [3.63, 3.8) is 0 Å². The molecule has 0 aromatic heterocycles. The lowest BCUT2D eigenvalue weighted by Crippen LogP contribution is -2.54. The van der Waals surface area contributed by atoms with Crippen molar-refractivity contribution in [2.24, 2.45) is 23.2 Å². The van der Waals surface area contributed by atoms with E-state index < -0.39 is 40.7 Å². The van der Waals surface area contributed by atoms with E-state index in [0.717, 1.165) is 37.0 Å². The average Bonchev–Trinajstić information content (AvgIpc) is 3.38. The highest BCUT2D eigenvalue weighted by Crippen LogP contribution is 2.59. The molecule has 0 saturated heterocycles. The van der Waals surface area contributed by atoms with E-state index in [9.17, 15) is 33.0 Å². The number of hydrogen-bond acceptors (Lipinski definition) is 6. The molecule has 2 aromatic carbocycles. The number of hydrogen-bond donors (Lipinski definition) is 2. The van der Waals surface area contributed by atoms with Crippen LogP contribution in [0.2, 0.25) is 0 Å². The van der Waals surface area contributed by atoms with Crippen molar-refractivity contribution < 1.29 is 42.4 Å². The maximum absolute atomic E-state index is 14.4. The van der Waals surface area contributed by atoms with Crippen LogP contribution in [0.15, 0.2) is 54.1 Å². The second kappa shape index (κ2) is 17.9. The Hall–Kier alpha value is -3.21. The molecule has 1 amide bonds. The Morgan fingerprint density at radius 2 is 1.82 bits per heavy atom. The van der Waals surface area contributed by atoms with Gasteiger partial charge in [-0.3, -0.25) is 4.79 Å². The number of nitrogens with zero attached hydrogens (tertiary/aromatic N) is 1. The maximum Gasteiger partial charge on any atom is 0.416 e. The summed E-state index contributed by atoms with van der Waals surface area (Å²) in [7, 11) is 1.62. The lowest BCUT2D eigenvalue weighted by Gasteiger charge is -2.46. The molecular formula is C45H62F3NO6. The number of benzene rings is 2. The molecule has 2 aromatic rings. The Morgan fingerprint density at radius 3 is 2.53 bits per heavy atom. The summed E-state index contributed by atoms with van der Waals surface area (Å²) in [5.41, 5.74) is -0.437. The summed E-state index contributed by atoms with van der Waals surface area (Å²) in [5.74, 6) is 0.152. The van der Waals surface area contributed by atoms with Gasteiger partial charge in [-0.15, -0.1) is 0 Å². The lowest BCUT2D eigenvalue weighted by molar-refractivity contribution is -0.137. The normalized spacial score (nSPS) is 29.0. The van der Waals surface area contributed by atoms with Crippen molar-refractivity contribution in [3.05, 3.63) is 81.9 Å². The fraction of sp³-hybridized carbons (Fsp3) is 0.644. The van der Waals surface area contributed by atoms with Crippen molar-refractivity contribution in [1.29, 1.82) is 0 Å². The Labute approximate surface area is 325 Å². The van der Waals surface area contributed by atoms with Gasteiger partial charge in [-0.25, -0.2) is 4.79 Å². The Bertz CT molecular complexity index is 1670. The molecule has 0 unspecified atom stereocenters. The third kappa shape index (κ3) is 10.0. The fourth-order valence-electron chi connectivity index (χ4n) is 9.59. The number of fused-ring (bicyclic) bond motifs is 8. The van der Waals surface area contributed by atoms with Crippen LogP contribution in [0, 0.1) is 23.2 Å². The van der Waals surface area contributed by atoms with Gasteiger partial charge in [-0.05, 0) is 124 Å². The number of rotatable bonds is 10. The molecule has 6 rings (SSSR count). The number of methoxy groups -OCH3 is 1. The van der Waals surface area contributed by atoms with E-state index in [1.54, 1.807) is 18.1 Å². The molecule has 2 bridgehead atoms. The quantitative estimate of drug-likeness (QED) is 0.142. The first-order valence-electron chi connectivity index (χ1n) is 20.3. The second-order valence-corrected chi connectivity index (χ2v) is 17.4. The molecule has 55 heavy (non-hydrogen) atoms. The van der Waals surface area contributed by atoms with Gasteiger partial charge < -0.3 is 24.6 Å². The summed E-state index contributed by atoms with van der Waals surface area (Å²) in [4.78, 5) is 30.2. The summed E-state index contributed by atoms with van der Waals surface area (Å²) in [5, 5.41) is 23.9. The molecule has 0 spiro atoms. The first-order valence-corrected chi connectivity index (χ1v) is 20.3. The Kier molecular flexibility index (Phi) is 14.0. The largest absolute Gasteiger partial charge is 0.446 e. The van der Waals surface area contributed by atoms with Crippen LogP contribution in [0.25, 0.3) is 0 Å². The van der Waals surface area contributed by atoms with E-state index in [1.165, 1.54) is 12.1 Å². The van der Waals surface area contributed by atoms with Gasteiger partial charge >= 0.3 is 12.3 Å². The highest BCUT2D eigenvalue weighted by atomic mass is 19.4. The zero-order chi connectivity index (χ0) is 40.1. The van der Waals surface area contributed by atoms with Crippen molar-refractivity contribution in [2.75, 3.05) is 26.8 Å². The number of ether oxygens (including phenoxy) is 2. The zero-order valence-corrected chi connectivity index (χ0v) is 33.6. The Balaban J connectivity index is 1.56. The molecule has 2 saturated carbocycles. The van der Waals surface area contributed by atoms with E-state index in [-0.39, 0.29) is 42.0 Å². The van der Waals surface area contributed by atoms with E-state index in [2.05, 4.69) is 26.8 Å². The number of halogens is 3. The number of aliphatic hydroxyl groups is 2. The van der Waals surface area contributed by atoms with Crippen LogP contribution in [0.5, 0.6) is 0 Å². The summed E-state index contributed by atoms with van der Waals surface area (Å²) < 4.78 is 53.1. The highest BCUT2D eigenvalue weighted by Gasteiger charge is 2.58. The van der Waals surface area contributed by atoms with Gasteiger partial charge in [-0.1, -0.05) is 70.0 Å². The first kappa shape index (κ1) is 42.9. The third-order valence-corrected chi connectivity index (χ3v) is 13.1. The topological polar surface area (TPSA) is 96.3 Å². The predicted octanol–water partition coefficient (Wildman–Crippen LogP) is 9.91. The molecule has 2 fully saturated rings. The van der Waals surface area contributed by atoms with Gasteiger partial charge in [0.2, 0.25) is 0 Å². The number of aliphatic hydroxyl groups excluding tert-OH is 1. The molecule has 7 atom stereocenters. The minimum Gasteiger partial charge on any atom is -0.446 e. The summed E-state index contributed by atoms with van der Waals surface area (Å²) in [6, 6.07) is 9.97. The number of carbonyl (C=O) groups excluding carboxylic acids is 2. The van der Waals surface area contributed by atoms with Gasteiger partial charge in [0.05, 0.1) is 23.8 Å². The second-order valence-electron chi connectivity index (χ2n) is 17.4. The third-order valence-electron chi connectivity index (χ3n) is 13.1. The minimum atomic E-state index is -4.62. The van der Waals surface area contributed by atoms with Gasteiger partial charge in [0.25, 0.3) is 0 Å². The van der Waals surface area contributed by atoms with Crippen LogP contribution < -0.4 is 0 Å². The van der Waals surface area contributed by atoms with Crippen molar-refractivity contribution in [2.45, 2.75) is 135 Å². The molecule has 7 nitrogen and oxygen atoms in total. The lowest BCUT2D eigenvalue weighted by atomic mass is 9.64. The summed E-state index contributed by atoms with van der Waals surface area (Å²) >= 11 is 0. The van der Waals surface area contributed by atoms with E-state index in [4.69, 9.17) is 9.47 Å². The first-order chi connectivity index (χ1) is 26.0. The number of amides is 1. The van der Waals surface area contributed by atoms with Gasteiger partial charge in [0.15, 0.2) is 5.78 Å². The van der Waals surface area contributed by atoms with Gasteiger partial charge in [0.1, 0.15) is 6.10 Å². The van der Waals surface area contributed by atoms with Crippen LogP contribution in [0.1, 0.15) is 137 Å². The molecular weight excluding hydrogens is 707 g/mol. The Morgan fingerprint density at radius 1 is 1.05 bits per heavy atom. The smallest absolute Gasteiger partial charge is 0.416 e. The van der Waals surface area contributed by atoms with Crippen LogP contribution in [-0.2, 0) is 22.1 Å². The number of carbonyl (C=O) groups is 2. The van der Waals surface area contributed by atoms with Crippen LogP contribution in [0.3, 0.4) is 0 Å². The molecule has 0 heterocycles. The van der Waals surface area contributed by atoms with Crippen molar-refractivity contribution >= 4 is 11.9 Å². The van der Waals surface area contributed by atoms with Crippen molar-refractivity contribution in [3.8, 4) is 0 Å². The monoisotopic (exact) mass is 769 g/mol. The number of alkyl halides is 3. The molecule has 304 valence electrons. The standard InChI is InChI=1S/C45H62F3NO6/c1-29(2)36-17-14-31(4)24-40(36)55-42(52)49(22-9-23-54-6)28-44(53)21-19-39-37-18-15-32(25-35(50)16-13-30(3)10-8-20-43(39,44)5)26-38(37)41(51)33-11-7-12-34(27-33)45(46,47)48/h7,10-12,15,18,26-27,29,31,35-36,39-40,50,53H,8-9,13-14,16-17,19-25,28H2,1-6H3/t31-,35-,36+,39-,40-,43-,44+/m0/s1.